The van der Waals surface area contributed by atoms with Crippen molar-refractivity contribution in [3.63, 3.8) is 0 Å². The zero-order valence-electron chi connectivity index (χ0n) is 10.7. The Morgan fingerprint density at radius 3 is 2.75 bits per heavy atom. The van der Waals surface area contributed by atoms with Gasteiger partial charge in [0.2, 0.25) is 0 Å². The van der Waals surface area contributed by atoms with E-state index in [0.717, 1.165) is 11.4 Å². The minimum absolute atomic E-state index is 0.216. The number of ether oxygens (including phenoxy) is 1. The molecule has 5 nitrogen and oxygen atoms in total. The molecular weight excluding hydrogens is 254 g/mol. The van der Waals surface area contributed by atoms with Gasteiger partial charge >= 0.3 is 0 Å². The van der Waals surface area contributed by atoms with Gasteiger partial charge in [-0.3, -0.25) is 4.79 Å². The van der Waals surface area contributed by atoms with Crippen molar-refractivity contribution in [1.82, 2.24) is 10.4 Å². The highest BCUT2D eigenvalue weighted by molar-refractivity contribution is 6.27. The Bertz CT molecular complexity index is 658. The maximum absolute atomic E-state index is 11.8. The Balaban J connectivity index is 1.74. The minimum atomic E-state index is -0.216. The Morgan fingerprint density at radius 2 is 2.00 bits per heavy atom. The minimum Gasteiger partial charge on any atom is -0.487 e. The van der Waals surface area contributed by atoms with E-state index >= 15 is 0 Å². The first kappa shape index (κ1) is 12.2. The second-order valence-corrected chi connectivity index (χ2v) is 4.28. The molecule has 1 aliphatic rings. The molecule has 0 saturated heterocycles. The number of hydrazone groups is 1. The van der Waals surface area contributed by atoms with Gasteiger partial charge in [-0.25, -0.2) is 5.43 Å². The van der Waals surface area contributed by atoms with Crippen LogP contribution >= 0.6 is 0 Å². The van der Waals surface area contributed by atoms with E-state index in [1.165, 1.54) is 0 Å². The average molecular weight is 267 g/mol. The summed E-state index contributed by atoms with van der Waals surface area (Å²) in [5, 5.41) is 4.00. The van der Waals surface area contributed by atoms with Crippen LogP contribution < -0.4 is 10.2 Å². The third-order valence-electron chi connectivity index (χ3n) is 2.89. The molecule has 2 aromatic rings. The second-order valence-electron chi connectivity index (χ2n) is 4.28. The van der Waals surface area contributed by atoms with Gasteiger partial charge in [-0.15, -0.1) is 0 Å². The molecule has 0 spiro atoms. The van der Waals surface area contributed by atoms with Crippen LogP contribution in [0, 0.1) is 0 Å². The van der Waals surface area contributed by atoms with Crippen molar-refractivity contribution in [3.05, 3.63) is 59.9 Å². The molecule has 1 amide bonds. The number of nitrogens with zero attached hydrogens (tertiary/aromatic N) is 1. The maximum Gasteiger partial charge on any atom is 0.273 e. The summed E-state index contributed by atoms with van der Waals surface area (Å²) >= 11 is 0. The van der Waals surface area contributed by atoms with Crippen LogP contribution in [0.5, 0.6) is 5.75 Å². The predicted molar refractivity (Wildman–Crippen MR) is 76.3 cm³/mol. The topological polar surface area (TPSA) is 66.5 Å². The first-order chi connectivity index (χ1) is 9.83. The number of carbonyl (C=O) groups is 1. The van der Waals surface area contributed by atoms with Crippen molar-refractivity contribution in [3.8, 4) is 5.75 Å². The Morgan fingerprint density at radius 1 is 1.15 bits per heavy atom. The molecule has 0 radical (unpaired) electrons. The zero-order valence-corrected chi connectivity index (χ0v) is 10.7. The van der Waals surface area contributed by atoms with Gasteiger partial charge in [0, 0.05) is 11.9 Å². The molecule has 20 heavy (non-hydrogen) atoms. The molecule has 0 fully saturated rings. The summed E-state index contributed by atoms with van der Waals surface area (Å²) < 4.78 is 5.61. The molecule has 1 aromatic carbocycles. The number of hydrogen-bond donors (Lipinski definition) is 2. The molecule has 2 heterocycles. The van der Waals surface area contributed by atoms with E-state index in [9.17, 15) is 4.79 Å². The number of aromatic nitrogens is 1. The molecule has 0 unspecified atom stereocenters. The van der Waals surface area contributed by atoms with Gasteiger partial charge in [-0.1, -0.05) is 18.2 Å². The standard InChI is InChI=1S/C15H13N3O2/c19-15-13(9-11-5-4-8-16-11)14(17-18-15)10-20-12-6-2-1-3-7-12/h1-9,16H,10H2,(H,18,19)/b13-9+. The van der Waals surface area contributed by atoms with E-state index in [2.05, 4.69) is 15.5 Å². The summed E-state index contributed by atoms with van der Waals surface area (Å²) in [6.07, 6.45) is 3.56. The summed E-state index contributed by atoms with van der Waals surface area (Å²) in [7, 11) is 0. The van der Waals surface area contributed by atoms with Gasteiger partial charge in [-0.2, -0.15) is 5.10 Å². The molecule has 1 aliphatic heterocycles. The van der Waals surface area contributed by atoms with Gasteiger partial charge in [0.1, 0.15) is 18.1 Å². The molecule has 0 aliphatic carbocycles. The van der Waals surface area contributed by atoms with E-state index in [-0.39, 0.29) is 12.5 Å². The molecule has 100 valence electrons. The van der Waals surface area contributed by atoms with Crippen molar-refractivity contribution < 1.29 is 9.53 Å². The molecule has 0 saturated carbocycles. The fraction of sp³-hybridized carbons (Fsp3) is 0.0667. The number of carbonyl (C=O) groups excluding carboxylic acids is 1. The van der Waals surface area contributed by atoms with Gasteiger partial charge in [0.25, 0.3) is 5.91 Å². The number of H-pyrrole nitrogens is 1. The number of aromatic amines is 1. The summed E-state index contributed by atoms with van der Waals surface area (Å²) in [6, 6.07) is 13.2. The highest BCUT2D eigenvalue weighted by Crippen LogP contribution is 2.14. The lowest BCUT2D eigenvalue weighted by Gasteiger charge is -2.05. The van der Waals surface area contributed by atoms with Crippen molar-refractivity contribution >= 4 is 17.7 Å². The number of rotatable bonds is 4. The van der Waals surface area contributed by atoms with Gasteiger partial charge in [0.15, 0.2) is 0 Å². The lowest BCUT2D eigenvalue weighted by Crippen LogP contribution is -2.16. The summed E-state index contributed by atoms with van der Waals surface area (Å²) in [4.78, 5) is 14.8. The van der Waals surface area contributed by atoms with Crippen molar-refractivity contribution in [2.75, 3.05) is 6.61 Å². The molecule has 0 bridgehead atoms. The normalized spacial score (nSPS) is 16.1. The van der Waals surface area contributed by atoms with Crippen LogP contribution in [-0.4, -0.2) is 23.2 Å². The van der Waals surface area contributed by atoms with Crippen LogP contribution in [0.15, 0.2) is 59.3 Å². The average Bonchev–Trinajstić information content (AvgIpc) is 3.10. The van der Waals surface area contributed by atoms with Crippen LogP contribution in [0.2, 0.25) is 0 Å². The number of para-hydroxylation sites is 1. The largest absolute Gasteiger partial charge is 0.487 e. The van der Waals surface area contributed by atoms with Gasteiger partial charge in [0.05, 0.1) is 5.57 Å². The monoisotopic (exact) mass is 267 g/mol. The Hall–Kier alpha value is -2.82. The number of amides is 1. The summed E-state index contributed by atoms with van der Waals surface area (Å²) in [5.74, 6) is 0.528. The molecule has 0 atom stereocenters. The third kappa shape index (κ3) is 2.61. The van der Waals surface area contributed by atoms with Gasteiger partial charge in [-0.05, 0) is 30.3 Å². The van der Waals surface area contributed by atoms with E-state index in [1.807, 2.05) is 42.5 Å². The van der Waals surface area contributed by atoms with E-state index < -0.39 is 0 Å². The maximum atomic E-state index is 11.8. The van der Waals surface area contributed by atoms with Crippen LogP contribution in [0.3, 0.4) is 0 Å². The second kappa shape index (κ2) is 5.44. The summed E-state index contributed by atoms with van der Waals surface area (Å²) in [6.45, 7) is 0.245. The SMILES string of the molecule is O=C1NN=C(COc2ccccc2)/C1=C\c1ccc[nH]1. The first-order valence-electron chi connectivity index (χ1n) is 6.23. The molecule has 5 heteroatoms. The molecule has 2 N–H and O–H groups in total. The smallest absolute Gasteiger partial charge is 0.273 e. The highest BCUT2D eigenvalue weighted by atomic mass is 16.5. The van der Waals surface area contributed by atoms with Crippen LogP contribution in [-0.2, 0) is 4.79 Å². The highest BCUT2D eigenvalue weighted by Gasteiger charge is 2.23. The Kier molecular flexibility index (Phi) is 3.33. The first-order valence-corrected chi connectivity index (χ1v) is 6.23. The molecule has 3 rings (SSSR count). The quantitative estimate of drug-likeness (QED) is 0.832. The Labute approximate surface area is 116 Å². The van der Waals surface area contributed by atoms with Crippen LogP contribution in [0.1, 0.15) is 5.69 Å². The van der Waals surface area contributed by atoms with Crippen LogP contribution in [0.25, 0.3) is 6.08 Å². The van der Waals surface area contributed by atoms with Crippen molar-refractivity contribution in [2.45, 2.75) is 0 Å². The van der Waals surface area contributed by atoms with Gasteiger partial charge < -0.3 is 9.72 Å². The van der Waals surface area contributed by atoms with Crippen molar-refractivity contribution in [2.24, 2.45) is 5.10 Å². The van der Waals surface area contributed by atoms with Crippen LogP contribution in [0.4, 0.5) is 0 Å². The number of benzene rings is 1. The van der Waals surface area contributed by atoms with E-state index in [4.69, 9.17) is 4.74 Å². The third-order valence-corrected chi connectivity index (χ3v) is 2.89. The molecule has 1 aromatic heterocycles. The lowest BCUT2D eigenvalue weighted by molar-refractivity contribution is -0.116. The van der Waals surface area contributed by atoms with E-state index in [0.29, 0.717) is 11.3 Å². The van der Waals surface area contributed by atoms with Crippen molar-refractivity contribution in [1.29, 1.82) is 0 Å². The summed E-state index contributed by atoms with van der Waals surface area (Å²) in [5.41, 5.74) is 4.41. The number of hydrogen-bond acceptors (Lipinski definition) is 3. The fourth-order valence-electron chi connectivity index (χ4n) is 1.89. The predicted octanol–water partition coefficient (Wildman–Crippen LogP) is 1.96. The molecular formula is C15H13N3O2. The lowest BCUT2D eigenvalue weighted by atomic mass is 10.1. The number of nitrogens with one attached hydrogen (secondary N) is 2. The fourth-order valence-corrected chi connectivity index (χ4v) is 1.89. The zero-order chi connectivity index (χ0) is 13.8. The van der Waals surface area contributed by atoms with E-state index in [1.54, 1.807) is 12.3 Å².